The van der Waals surface area contributed by atoms with Crippen LogP contribution in [0.5, 0.6) is 0 Å². The second kappa shape index (κ2) is 10.9. The van der Waals surface area contributed by atoms with Gasteiger partial charge in [-0.2, -0.15) is 0 Å². The first-order valence-electron chi connectivity index (χ1n) is 5.02. The van der Waals surface area contributed by atoms with Gasteiger partial charge < -0.3 is 10.4 Å². The maximum atomic E-state index is 8.49. The summed E-state index contributed by atoms with van der Waals surface area (Å²) < 4.78 is 0. The Balaban J connectivity index is 2.73. The average Bonchev–Trinajstić information content (AvgIpc) is 2.10. The second-order valence-electron chi connectivity index (χ2n) is 3.09. The molecule has 0 aromatic carbocycles. The minimum atomic E-state index is 0.300. The van der Waals surface area contributed by atoms with Crippen molar-refractivity contribution in [2.75, 3.05) is 19.7 Å². The van der Waals surface area contributed by atoms with Crippen LogP contribution in [0.25, 0.3) is 0 Å². The first-order valence-corrected chi connectivity index (χ1v) is 5.02. The van der Waals surface area contributed by atoms with E-state index in [0.29, 0.717) is 6.61 Å². The van der Waals surface area contributed by atoms with E-state index in [1.165, 1.54) is 25.7 Å². The monoisotopic (exact) mass is 172 g/mol. The van der Waals surface area contributed by atoms with Gasteiger partial charge in [0.05, 0.1) is 0 Å². The van der Waals surface area contributed by atoms with E-state index in [1.54, 1.807) is 0 Å². The Morgan fingerprint density at radius 2 is 1.58 bits per heavy atom. The van der Waals surface area contributed by atoms with Gasteiger partial charge in [-0.25, -0.2) is 0 Å². The SMILES string of the molecule is [CH2]CCCCCCNCCCO. The average molecular weight is 172 g/mol. The van der Waals surface area contributed by atoms with Gasteiger partial charge in [-0.1, -0.05) is 32.6 Å². The molecule has 0 saturated heterocycles. The van der Waals surface area contributed by atoms with Crippen molar-refractivity contribution in [1.82, 2.24) is 5.32 Å². The van der Waals surface area contributed by atoms with E-state index >= 15 is 0 Å². The third kappa shape index (κ3) is 9.92. The predicted molar refractivity (Wildman–Crippen MR) is 53.0 cm³/mol. The molecule has 0 aromatic heterocycles. The van der Waals surface area contributed by atoms with Crippen molar-refractivity contribution in [3.8, 4) is 0 Å². The number of nitrogens with one attached hydrogen (secondary N) is 1. The fourth-order valence-corrected chi connectivity index (χ4v) is 1.11. The Morgan fingerprint density at radius 3 is 2.25 bits per heavy atom. The van der Waals surface area contributed by atoms with Crippen molar-refractivity contribution in [2.45, 2.75) is 38.5 Å². The molecule has 2 heteroatoms. The summed E-state index contributed by atoms with van der Waals surface area (Å²) in [4.78, 5) is 0. The third-order valence-electron chi connectivity index (χ3n) is 1.87. The highest BCUT2D eigenvalue weighted by Crippen LogP contribution is 2.00. The van der Waals surface area contributed by atoms with E-state index in [0.717, 1.165) is 25.9 Å². The highest BCUT2D eigenvalue weighted by Gasteiger charge is 1.88. The minimum absolute atomic E-state index is 0.300. The molecule has 73 valence electrons. The van der Waals surface area contributed by atoms with E-state index in [9.17, 15) is 0 Å². The summed E-state index contributed by atoms with van der Waals surface area (Å²) in [5.74, 6) is 0. The van der Waals surface area contributed by atoms with Crippen molar-refractivity contribution < 1.29 is 5.11 Å². The Kier molecular flexibility index (Phi) is 10.8. The zero-order valence-corrected chi connectivity index (χ0v) is 8.02. The molecule has 0 aliphatic heterocycles. The molecule has 2 nitrogen and oxygen atoms in total. The predicted octanol–water partition coefficient (Wildman–Crippen LogP) is 1.74. The standard InChI is InChI=1S/C10H22NO/c1-2-3-4-5-6-8-11-9-7-10-12/h11-12H,1-10H2. The molecule has 0 bridgehead atoms. The zero-order chi connectivity index (χ0) is 9.07. The summed E-state index contributed by atoms with van der Waals surface area (Å²) in [6.07, 6.45) is 7.08. The summed E-state index contributed by atoms with van der Waals surface area (Å²) in [7, 11) is 0. The van der Waals surface area contributed by atoms with Gasteiger partial charge in [0, 0.05) is 6.61 Å². The van der Waals surface area contributed by atoms with Crippen LogP contribution in [0.4, 0.5) is 0 Å². The topological polar surface area (TPSA) is 32.3 Å². The molecule has 12 heavy (non-hydrogen) atoms. The number of hydrogen-bond acceptors (Lipinski definition) is 2. The molecule has 0 amide bonds. The van der Waals surface area contributed by atoms with Gasteiger partial charge in [-0.15, -0.1) is 0 Å². The van der Waals surface area contributed by atoms with Crippen LogP contribution in [0.2, 0.25) is 0 Å². The largest absolute Gasteiger partial charge is 0.396 e. The molecular weight excluding hydrogens is 150 g/mol. The van der Waals surface area contributed by atoms with Gasteiger partial charge >= 0.3 is 0 Å². The molecule has 0 fully saturated rings. The lowest BCUT2D eigenvalue weighted by atomic mass is 10.1. The van der Waals surface area contributed by atoms with E-state index < -0.39 is 0 Å². The van der Waals surface area contributed by atoms with Crippen LogP contribution in [-0.4, -0.2) is 24.8 Å². The van der Waals surface area contributed by atoms with Crippen LogP contribution >= 0.6 is 0 Å². The van der Waals surface area contributed by atoms with Gasteiger partial charge in [-0.05, 0) is 25.9 Å². The molecule has 0 rings (SSSR count). The van der Waals surface area contributed by atoms with Crippen LogP contribution in [-0.2, 0) is 0 Å². The Bertz CT molecular complexity index is 66.2. The molecule has 0 aromatic rings. The molecule has 0 saturated carbocycles. The first kappa shape index (κ1) is 11.9. The highest BCUT2D eigenvalue weighted by molar-refractivity contribution is 4.49. The molecule has 0 spiro atoms. The van der Waals surface area contributed by atoms with Crippen molar-refractivity contribution in [3.05, 3.63) is 6.92 Å². The van der Waals surface area contributed by atoms with Crippen LogP contribution < -0.4 is 5.32 Å². The molecule has 0 unspecified atom stereocenters. The van der Waals surface area contributed by atoms with E-state index in [2.05, 4.69) is 12.2 Å². The van der Waals surface area contributed by atoms with Gasteiger partial charge in [0.1, 0.15) is 0 Å². The summed E-state index contributed by atoms with van der Waals surface area (Å²) >= 11 is 0. The molecule has 0 heterocycles. The van der Waals surface area contributed by atoms with Crippen LogP contribution in [0.1, 0.15) is 38.5 Å². The fraction of sp³-hybridized carbons (Fsp3) is 0.900. The molecule has 2 N–H and O–H groups in total. The minimum Gasteiger partial charge on any atom is -0.396 e. The van der Waals surface area contributed by atoms with Gasteiger partial charge in [-0.3, -0.25) is 0 Å². The Hall–Kier alpha value is -0.0800. The highest BCUT2D eigenvalue weighted by atomic mass is 16.3. The summed E-state index contributed by atoms with van der Waals surface area (Å²) in [5, 5.41) is 11.8. The molecule has 1 radical (unpaired) electrons. The lowest BCUT2D eigenvalue weighted by Gasteiger charge is -2.02. The quantitative estimate of drug-likeness (QED) is 0.519. The third-order valence-corrected chi connectivity index (χ3v) is 1.87. The van der Waals surface area contributed by atoms with Crippen molar-refractivity contribution in [3.63, 3.8) is 0 Å². The van der Waals surface area contributed by atoms with Crippen LogP contribution in [0.15, 0.2) is 0 Å². The molecule has 0 atom stereocenters. The second-order valence-corrected chi connectivity index (χ2v) is 3.09. The van der Waals surface area contributed by atoms with Gasteiger partial charge in [0.15, 0.2) is 0 Å². The number of hydrogen-bond donors (Lipinski definition) is 2. The molecule has 0 aliphatic carbocycles. The number of unbranched alkanes of at least 4 members (excludes halogenated alkanes) is 4. The van der Waals surface area contributed by atoms with Crippen LogP contribution in [0, 0.1) is 6.92 Å². The van der Waals surface area contributed by atoms with Gasteiger partial charge in [0.2, 0.25) is 0 Å². The summed E-state index contributed by atoms with van der Waals surface area (Å²) in [6.45, 7) is 6.15. The van der Waals surface area contributed by atoms with Crippen molar-refractivity contribution in [1.29, 1.82) is 0 Å². The maximum Gasteiger partial charge on any atom is 0.0443 e. The number of aliphatic hydroxyl groups is 1. The summed E-state index contributed by atoms with van der Waals surface area (Å²) in [5.41, 5.74) is 0. The lowest BCUT2D eigenvalue weighted by Crippen LogP contribution is -2.17. The van der Waals surface area contributed by atoms with Crippen LogP contribution in [0.3, 0.4) is 0 Å². The molecular formula is C10H22NO. The number of rotatable bonds is 9. The Morgan fingerprint density at radius 1 is 0.917 bits per heavy atom. The van der Waals surface area contributed by atoms with E-state index in [-0.39, 0.29) is 0 Å². The first-order chi connectivity index (χ1) is 5.91. The zero-order valence-electron chi connectivity index (χ0n) is 8.02. The van der Waals surface area contributed by atoms with E-state index in [4.69, 9.17) is 5.11 Å². The van der Waals surface area contributed by atoms with Gasteiger partial charge in [0.25, 0.3) is 0 Å². The fourth-order valence-electron chi connectivity index (χ4n) is 1.11. The van der Waals surface area contributed by atoms with E-state index in [1.807, 2.05) is 0 Å². The van der Waals surface area contributed by atoms with Crippen molar-refractivity contribution in [2.24, 2.45) is 0 Å². The Labute approximate surface area is 76.4 Å². The lowest BCUT2D eigenvalue weighted by molar-refractivity contribution is 0.286. The normalized spacial score (nSPS) is 10.5. The summed E-state index contributed by atoms with van der Waals surface area (Å²) in [6, 6.07) is 0. The molecule has 0 aliphatic rings. The number of aliphatic hydroxyl groups excluding tert-OH is 1. The smallest absolute Gasteiger partial charge is 0.0443 e. The van der Waals surface area contributed by atoms with Crippen molar-refractivity contribution >= 4 is 0 Å². The maximum absolute atomic E-state index is 8.49.